The molecule has 20 nitrogen and oxygen atoms in total. The third-order valence-electron chi connectivity index (χ3n) is 16.6. The van der Waals surface area contributed by atoms with Gasteiger partial charge in [0.25, 0.3) is 0 Å². The third-order valence-corrected chi connectivity index (χ3v) is 16.6. The quantitative estimate of drug-likeness (QED) is 0.0252. The first-order valence-corrected chi connectivity index (χ1v) is 32.6. The molecule has 2 aliphatic heterocycles. The molecule has 0 atom stereocenters. The molecule has 5 heterocycles. The van der Waals surface area contributed by atoms with E-state index in [1.807, 2.05) is 121 Å². The standard InChI is InChI=1S/C76H82N16O4/c1-89(2)37-33-77-45-49-9-17-53(18-10-49)93-57-25-29-61-65(41-57)73-81-69(61)86-74-67-43-59(95-55-21-13-51(14-22-55)47-79-35-39-91(5)6)27-31-63(67)71(83-74)88-76-68-44-60(96-56-23-15-52(16-24-56)48-80-36-40-92(7)8)28-32-64(68)72(84-76)87-75-66-42-58(26-30-62(66)70(82-75)85-73)94-54-19-11-50(12-20-54)46-78-34-38-90(3)4/h9-32,41-44,77-80H,33-40,45-48H2,1-8H3,(H2,81,82,83,84,85,86,87,88). The number of aromatic nitrogens is 8. The van der Waals surface area contributed by atoms with Crippen molar-refractivity contribution >= 4 is 44.1 Å². The Hall–Kier alpha value is -10.0. The van der Waals surface area contributed by atoms with E-state index in [2.05, 4.69) is 156 Å². The molecule has 0 spiro atoms. The lowest BCUT2D eigenvalue weighted by atomic mass is 10.1. The highest BCUT2D eigenvalue weighted by atomic mass is 16.5. The SMILES string of the molecule is CN(C)CCNCc1ccc(Oc2ccc3c(c2)-c2nc-3nc3[nH]c(nc4nc(nc5[nH]c(n2)c2ccc(Oc6ccc(CNCCN(C)C)cc6)cc52)-c2ccc(Oc5ccc(CNCCN(C)C)cc5)cc2-4)c2ccc(Oc4ccc(CNCCN(C)C)cc4)cc32)cc1. The number of aromatic amines is 2. The molecule has 3 aromatic heterocycles. The van der Waals surface area contributed by atoms with Gasteiger partial charge in [0.2, 0.25) is 0 Å². The average Bonchev–Trinajstić information content (AvgIpc) is 1.61. The summed E-state index contributed by atoms with van der Waals surface area (Å²) >= 11 is 0. The molecule has 0 amide bonds. The van der Waals surface area contributed by atoms with E-state index >= 15 is 0 Å². The Bertz CT molecular complexity index is 4390. The van der Waals surface area contributed by atoms with Crippen LogP contribution < -0.4 is 40.2 Å². The van der Waals surface area contributed by atoms with Gasteiger partial charge in [0.1, 0.15) is 68.6 Å². The Labute approximate surface area is 559 Å². The van der Waals surface area contributed by atoms with E-state index in [4.69, 9.17) is 48.9 Å². The molecular formula is C76H82N16O4. The normalized spacial score (nSPS) is 12.0. The summed E-state index contributed by atoms with van der Waals surface area (Å²) in [4.78, 5) is 48.0. The first-order valence-electron chi connectivity index (χ1n) is 32.6. The maximum atomic E-state index is 6.61. The zero-order valence-electron chi connectivity index (χ0n) is 55.8. The summed E-state index contributed by atoms with van der Waals surface area (Å²) in [6, 6.07) is 56.4. The molecule has 0 aliphatic carbocycles. The Morgan fingerprint density at radius 2 is 0.521 bits per heavy atom. The highest BCUT2D eigenvalue weighted by Gasteiger charge is 2.25. The Morgan fingerprint density at radius 3 is 0.812 bits per heavy atom. The summed E-state index contributed by atoms with van der Waals surface area (Å²) in [7, 11) is 16.6. The molecule has 0 saturated carbocycles. The number of ether oxygens (including phenoxy) is 4. The molecule has 6 N–H and O–H groups in total. The van der Waals surface area contributed by atoms with Crippen molar-refractivity contribution in [2.75, 3.05) is 109 Å². The monoisotopic (exact) mass is 1280 g/mol. The zero-order chi connectivity index (χ0) is 66.1. The molecule has 0 radical (unpaired) electrons. The lowest BCUT2D eigenvalue weighted by Gasteiger charge is -2.11. The molecular weight excluding hydrogens is 1200 g/mol. The maximum Gasteiger partial charge on any atom is 0.164 e. The average molecular weight is 1280 g/mol. The highest BCUT2D eigenvalue weighted by Crippen LogP contribution is 2.42. The Balaban J connectivity index is 0.931. The first-order chi connectivity index (χ1) is 46.7. The fourth-order valence-electron chi connectivity index (χ4n) is 11.4. The maximum absolute atomic E-state index is 6.61. The number of rotatable bonds is 28. The molecule has 0 fully saturated rings. The summed E-state index contributed by atoms with van der Waals surface area (Å²) < 4.78 is 26.4. The van der Waals surface area contributed by atoms with Gasteiger partial charge in [-0.05, 0) is 200 Å². The number of likely N-dealkylation sites (N-methyl/N-ethyl adjacent to an activating group) is 4. The molecule has 490 valence electrons. The minimum atomic E-state index is 0.422. The highest BCUT2D eigenvalue weighted by molar-refractivity contribution is 6.07. The van der Waals surface area contributed by atoms with Crippen LogP contribution in [0.3, 0.4) is 0 Å². The number of nitrogens with zero attached hydrogens (tertiary/aromatic N) is 10. The van der Waals surface area contributed by atoms with Crippen molar-refractivity contribution in [2.24, 2.45) is 0 Å². The van der Waals surface area contributed by atoms with Gasteiger partial charge < -0.3 is 69.8 Å². The van der Waals surface area contributed by atoms with E-state index in [1.54, 1.807) is 0 Å². The van der Waals surface area contributed by atoms with Crippen LogP contribution >= 0.6 is 0 Å². The molecule has 8 bridgehead atoms. The van der Waals surface area contributed by atoms with Crippen LogP contribution in [0, 0.1) is 0 Å². The van der Waals surface area contributed by atoms with E-state index in [0.717, 1.165) is 145 Å². The predicted octanol–water partition coefficient (Wildman–Crippen LogP) is 12.6. The van der Waals surface area contributed by atoms with Crippen LogP contribution in [0.2, 0.25) is 0 Å². The van der Waals surface area contributed by atoms with Gasteiger partial charge in [-0.1, -0.05) is 48.5 Å². The first kappa shape index (κ1) is 64.7. The van der Waals surface area contributed by atoms with Gasteiger partial charge in [0, 0.05) is 122 Å². The second-order valence-corrected chi connectivity index (χ2v) is 25.3. The van der Waals surface area contributed by atoms with Crippen LogP contribution in [0.15, 0.2) is 170 Å². The number of hydrogen-bond acceptors (Lipinski definition) is 18. The van der Waals surface area contributed by atoms with E-state index in [1.165, 1.54) is 0 Å². The number of fused-ring (bicyclic) bond motifs is 20. The molecule has 0 unspecified atom stereocenters. The van der Waals surface area contributed by atoms with Gasteiger partial charge in [-0.15, -0.1) is 0 Å². The summed E-state index contributed by atoms with van der Waals surface area (Å²) in [5, 5.41) is 17.2. The van der Waals surface area contributed by atoms with Crippen LogP contribution in [0.1, 0.15) is 22.3 Å². The van der Waals surface area contributed by atoms with Crippen LogP contribution in [-0.4, -0.2) is 168 Å². The lowest BCUT2D eigenvalue weighted by Crippen LogP contribution is -2.26. The Morgan fingerprint density at radius 1 is 0.271 bits per heavy atom. The third kappa shape index (κ3) is 16.0. The van der Waals surface area contributed by atoms with Crippen molar-refractivity contribution in [3.8, 4) is 91.5 Å². The molecule has 8 aromatic carbocycles. The van der Waals surface area contributed by atoms with Gasteiger partial charge in [-0.25, -0.2) is 29.9 Å². The summed E-state index contributed by atoms with van der Waals surface area (Å²) in [6.07, 6.45) is 0. The van der Waals surface area contributed by atoms with Crippen molar-refractivity contribution in [1.29, 1.82) is 0 Å². The van der Waals surface area contributed by atoms with Gasteiger partial charge in [-0.2, -0.15) is 0 Å². The predicted molar refractivity (Wildman–Crippen MR) is 383 cm³/mol. The molecule has 13 rings (SSSR count). The zero-order valence-corrected chi connectivity index (χ0v) is 55.8. The van der Waals surface area contributed by atoms with Gasteiger partial charge in [0.05, 0.1) is 0 Å². The van der Waals surface area contributed by atoms with Crippen molar-refractivity contribution < 1.29 is 18.9 Å². The number of H-pyrrole nitrogens is 2. The van der Waals surface area contributed by atoms with Gasteiger partial charge >= 0.3 is 0 Å². The van der Waals surface area contributed by atoms with Crippen LogP contribution in [0.4, 0.5) is 0 Å². The van der Waals surface area contributed by atoms with E-state index in [0.29, 0.717) is 91.9 Å². The summed E-state index contributed by atoms with van der Waals surface area (Å²) in [6.45, 7) is 10.4. The van der Waals surface area contributed by atoms with Crippen molar-refractivity contribution in [3.63, 3.8) is 0 Å². The molecule has 0 saturated heterocycles. The van der Waals surface area contributed by atoms with Gasteiger partial charge in [0.15, 0.2) is 23.3 Å². The van der Waals surface area contributed by atoms with Crippen LogP contribution in [0.5, 0.6) is 46.0 Å². The minimum Gasteiger partial charge on any atom is -0.457 e. The van der Waals surface area contributed by atoms with Crippen molar-refractivity contribution in [3.05, 3.63) is 192 Å². The summed E-state index contributed by atoms with van der Waals surface area (Å²) in [5.41, 5.74) is 9.69. The number of nitrogens with one attached hydrogen (secondary N) is 6. The van der Waals surface area contributed by atoms with Gasteiger partial charge in [-0.3, -0.25) is 0 Å². The number of hydrogen-bond donors (Lipinski definition) is 6. The van der Waals surface area contributed by atoms with Crippen LogP contribution in [0.25, 0.3) is 89.7 Å². The second kappa shape index (κ2) is 29.7. The second-order valence-electron chi connectivity index (χ2n) is 25.3. The molecule has 11 aromatic rings. The number of benzene rings is 8. The van der Waals surface area contributed by atoms with Crippen LogP contribution in [-0.2, 0) is 26.2 Å². The van der Waals surface area contributed by atoms with E-state index < -0.39 is 0 Å². The Kier molecular flexibility index (Phi) is 20.0. The van der Waals surface area contributed by atoms with E-state index in [9.17, 15) is 0 Å². The molecule has 2 aliphatic rings. The van der Waals surface area contributed by atoms with Crippen molar-refractivity contribution in [1.82, 2.24) is 80.7 Å². The molecule has 96 heavy (non-hydrogen) atoms. The fourth-order valence-corrected chi connectivity index (χ4v) is 11.4. The fraction of sp³-hybridized carbons (Fsp3) is 0.263. The van der Waals surface area contributed by atoms with Crippen molar-refractivity contribution in [2.45, 2.75) is 26.2 Å². The summed E-state index contributed by atoms with van der Waals surface area (Å²) in [5.74, 6) is 6.97. The van der Waals surface area contributed by atoms with E-state index in [-0.39, 0.29) is 0 Å². The topological polar surface area (TPSA) is 207 Å². The lowest BCUT2D eigenvalue weighted by molar-refractivity contribution is 0.400. The minimum absolute atomic E-state index is 0.422. The smallest absolute Gasteiger partial charge is 0.164 e. The largest absolute Gasteiger partial charge is 0.457 e. The molecule has 20 heteroatoms.